The van der Waals surface area contributed by atoms with Crippen LogP contribution in [0.15, 0.2) is 24.3 Å². The molecule has 23 heavy (non-hydrogen) atoms. The molecule has 2 fully saturated rings. The molecule has 2 amide bonds. The highest BCUT2D eigenvalue weighted by molar-refractivity contribution is 5.96. The van der Waals surface area contributed by atoms with Gasteiger partial charge < -0.3 is 16.0 Å². The highest BCUT2D eigenvalue weighted by Gasteiger charge is 2.29. The molecule has 5 heteroatoms. The van der Waals surface area contributed by atoms with Gasteiger partial charge in [-0.1, -0.05) is 6.92 Å². The van der Waals surface area contributed by atoms with Crippen LogP contribution in [-0.2, 0) is 4.79 Å². The molecular weight excluding hydrogens is 290 g/mol. The van der Waals surface area contributed by atoms with E-state index in [1.54, 1.807) is 24.3 Å². The maximum Gasteiger partial charge on any atom is 0.251 e. The van der Waals surface area contributed by atoms with Gasteiger partial charge in [0.2, 0.25) is 5.91 Å². The van der Waals surface area contributed by atoms with Gasteiger partial charge in [0.25, 0.3) is 5.91 Å². The summed E-state index contributed by atoms with van der Waals surface area (Å²) < 4.78 is 0. The molecule has 0 atom stereocenters. The lowest BCUT2D eigenvalue weighted by Crippen LogP contribution is -2.42. The summed E-state index contributed by atoms with van der Waals surface area (Å²) in [5.41, 5.74) is 1.56. The van der Waals surface area contributed by atoms with Crippen molar-refractivity contribution in [1.29, 1.82) is 0 Å². The molecule has 2 aliphatic rings. The first-order valence-corrected chi connectivity index (χ1v) is 8.46. The summed E-state index contributed by atoms with van der Waals surface area (Å²) in [5, 5.41) is 9.27. The Morgan fingerprint density at radius 1 is 1.17 bits per heavy atom. The van der Waals surface area contributed by atoms with Gasteiger partial charge in [0.15, 0.2) is 0 Å². The molecule has 0 radical (unpaired) electrons. The minimum absolute atomic E-state index is 0.0511. The molecule has 3 N–H and O–H groups in total. The second kappa shape index (κ2) is 6.71. The topological polar surface area (TPSA) is 70.2 Å². The van der Waals surface area contributed by atoms with Crippen molar-refractivity contribution in [3.05, 3.63) is 29.8 Å². The third-order valence-corrected chi connectivity index (χ3v) is 4.85. The van der Waals surface area contributed by atoms with E-state index in [1.165, 1.54) is 0 Å². The molecular formula is C18H25N3O2. The summed E-state index contributed by atoms with van der Waals surface area (Å²) in [6.45, 7) is 4.96. The summed E-state index contributed by atoms with van der Waals surface area (Å²) >= 11 is 0. The molecule has 1 aliphatic heterocycles. The molecule has 0 spiro atoms. The Labute approximate surface area is 137 Å². The Morgan fingerprint density at radius 2 is 1.83 bits per heavy atom. The Bertz CT molecular complexity index is 572. The van der Waals surface area contributed by atoms with Crippen LogP contribution in [0.1, 0.15) is 43.0 Å². The van der Waals surface area contributed by atoms with Crippen LogP contribution in [0, 0.1) is 11.3 Å². The van der Waals surface area contributed by atoms with Crippen LogP contribution < -0.4 is 16.0 Å². The van der Waals surface area contributed by atoms with E-state index in [0.717, 1.165) is 44.5 Å². The van der Waals surface area contributed by atoms with Crippen LogP contribution in [0.2, 0.25) is 0 Å². The molecule has 1 aliphatic carbocycles. The van der Waals surface area contributed by atoms with Crippen molar-refractivity contribution < 1.29 is 9.59 Å². The van der Waals surface area contributed by atoms with Crippen molar-refractivity contribution in [3.63, 3.8) is 0 Å². The molecule has 1 saturated heterocycles. The summed E-state index contributed by atoms with van der Waals surface area (Å²) in [6, 6.07) is 7.12. The molecule has 0 aromatic heterocycles. The summed E-state index contributed by atoms with van der Waals surface area (Å²) in [7, 11) is 0. The molecule has 5 nitrogen and oxygen atoms in total. The van der Waals surface area contributed by atoms with E-state index in [4.69, 9.17) is 0 Å². The Hall–Kier alpha value is -1.88. The standard InChI is InChI=1S/C18H25N3O2/c1-18(8-10-19-11-9-18)12-20-16(22)13-4-6-15(7-5-13)21-17(23)14-2-3-14/h4-7,14,19H,2-3,8-12H2,1H3,(H,20,22)(H,21,23). The molecule has 1 aromatic carbocycles. The predicted octanol–water partition coefficient (Wildman–Crippen LogP) is 2.15. The predicted molar refractivity (Wildman–Crippen MR) is 90.3 cm³/mol. The van der Waals surface area contributed by atoms with Crippen LogP contribution in [-0.4, -0.2) is 31.4 Å². The lowest BCUT2D eigenvalue weighted by atomic mass is 9.81. The van der Waals surface area contributed by atoms with Gasteiger partial charge in [-0.2, -0.15) is 0 Å². The van der Waals surface area contributed by atoms with E-state index in [-0.39, 0.29) is 23.1 Å². The maximum absolute atomic E-state index is 12.3. The SMILES string of the molecule is CC1(CNC(=O)c2ccc(NC(=O)C3CC3)cc2)CCNCC1. The van der Waals surface area contributed by atoms with E-state index < -0.39 is 0 Å². The molecule has 124 valence electrons. The van der Waals surface area contributed by atoms with Crippen molar-refractivity contribution in [1.82, 2.24) is 10.6 Å². The highest BCUT2D eigenvalue weighted by Crippen LogP contribution is 2.30. The zero-order valence-electron chi connectivity index (χ0n) is 13.7. The quantitative estimate of drug-likeness (QED) is 0.780. The summed E-state index contributed by atoms with van der Waals surface area (Å²) in [4.78, 5) is 24.0. The van der Waals surface area contributed by atoms with Gasteiger partial charge in [0.1, 0.15) is 0 Å². The minimum atomic E-state index is -0.0511. The van der Waals surface area contributed by atoms with Crippen molar-refractivity contribution in [3.8, 4) is 0 Å². The first-order chi connectivity index (χ1) is 11.1. The molecule has 3 rings (SSSR count). The average Bonchev–Trinajstić information content (AvgIpc) is 3.39. The summed E-state index contributed by atoms with van der Waals surface area (Å²) in [6.07, 6.45) is 4.14. The second-order valence-corrected chi connectivity index (χ2v) is 7.08. The molecule has 0 unspecified atom stereocenters. The summed E-state index contributed by atoms with van der Waals surface area (Å²) in [5.74, 6) is 0.217. The number of nitrogens with one attached hydrogen (secondary N) is 3. The lowest BCUT2D eigenvalue weighted by Gasteiger charge is -2.34. The van der Waals surface area contributed by atoms with Crippen LogP contribution in [0.3, 0.4) is 0 Å². The van der Waals surface area contributed by atoms with E-state index >= 15 is 0 Å². The van der Waals surface area contributed by atoms with Gasteiger partial charge in [-0.05, 0) is 68.5 Å². The number of rotatable bonds is 5. The number of benzene rings is 1. The molecule has 1 saturated carbocycles. The highest BCUT2D eigenvalue weighted by atomic mass is 16.2. The maximum atomic E-state index is 12.3. The minimum Gasteiger partial charge on any atom is -0.351 e. The van der Waals surface area contributed by atoms with Gasteiger partial charge in [-0.25, -0.2) is 0 Å². The van der Waals surface area contributed by atoms with Crippen LogP contribution in [0.4, 0.5) is 5.69 Å². The number of hydrogen-bond donors (Lipinski definition) is 3. The number of hydrogen-bond acceptors (Lipinski definition) is 3. The van der Waals surface area contributed by atoms with Crippen LogP contribution in [0.25, 0.3) is 0 Å². The largest absolute Gasteiger partial charge is 0.351 e. The third kappa shape index (κ3) is 4.32. The molecule has 1 heterocycles. The fourth-order valence-electron chi connectivity index (χ4n) is 2.90. The van der Waals surface area contributed by atoms with E-state index in [1.807, 2.05) is 0 Å². The van der Waals surface area contributed by atoms with Crippen LogP contribution >= 0.6 is 0 Å². The number of anilines is 1. The van der Waals surface area contributed by atoms with Gasteiger partial charge in [-0.15, -0.1) is 0 Å². The van der Waals surface area contributed by atoms with Crippen molar-refractivity contribution in [2.24, 2.45) is 11.3 Å². The average molecular weight is 315 g/mol. The Balaban J connectivity index is 1.51. The zero-order chi connectivity index (χ0) is 16.3. The number of piperidine rings is 1. The fourth-order valence-corrected chi connectivity index (χ4v) is 2.90. The fraction of sp³-hybridized carbons (Fsp3) is 0.556. The van der Waals surface area contributed by atoms with Gasteiger partial charge >= 0.3 is 0 Å². The molecule has 1 aromatic rings. The first kappa shape index (κ1) is 16.0. The van der Waals surface area contributed by atoms with Gasteiger partial charge in [0.05, 0.1) is 0 Å². The van der Waals surface area contributed by atoms with Crippen LogP contribution in [0.5, 0.6) is 0 Å². The van der Waals surface area contributed by atoms with Crippen molar-refractivity contribution >= 4 is 17.5 Å². The third-order valence-electron chi connectivity index (χ3n) is 4.85. The number of amides is 2. The molecule has 0 bridgehead atoms. The number of carbonyl (C=O) groups excluding carboxylic acids is 2. The number of carbonyl (C=O) groups is 2. The zero-order valence-corrected chi connectivity index (χ0v) is 13.7. The van der Waals surface area contributed by atoms with E-state index in [2.05, 4.69) is 22.9 Å². The normalized spacial score (nSPS) is 19.9. The smallest absolute Gasteiger partial charge is 0.251 e. The van der Waals surface area contributed by atoms with Gasteiger partial charge in [-0.3, -0.25) is 9.59 Å². The Kier molecular flexibility index (Phi) is 4.66. The first-order valence-electron chi connectivity index (χ1n) is 8.46. The van der Waals surface area contributed by atoms with Gasteiger partial charge in [0, 0.05) is 23.7 Å². The van der Waals surface area contributed by atoms with Crippen molar-refractivity contribution in [2.75, 3.05) is 25.0 Å². The Morgan fingerprint density at radius 3 is 2.43 bits per heavy atom. The van der Waals surface area contributed by atoms with E-state index in [0.29, 0.717) is 12.1 Å². The second-order valence-electron chi connectivity index (χ2n) is 7.08. The van der Waals surface area contributed by atoms with E-state index in [9.17, 15) is 9.59 Å². The lowest BCUT2D eigenvalue weighted by molar-refractivity contribution is -0.117. The monoisotopic (exact) mass is 315 g/mol. The van der Waals surface area contributed by atoms with Crippen molar-refractivity contribution in [2.45, 2.75) is 32.6 Å².